The average molecular weight is 216 g/mol. The normalized spacial score (nSPS) is 13.6. The lowest BCUT2D eigenvalue weighted by Crippen LogP contribution is -2.21. The zero-order valence-corrected chi connectivity index (χ0v) is 8.90. The Morgan fingerprint density at radius 3 is 2.33 bits per heavy atom. The molecule has 0 aromatic rings. The van der Waals surface area contributed by atoms with Crippen LogP contribution in [0.4, 0.5) is 0 Å². The highest BCUT2D eigenvalue weighted by Crippen LogP contribution is 2.07. The van der Waals surface area contributed by atoms with E-state index in [-0.39, 0.29) is 6.42 Å². The van der Waals surface area contributed by atoms with Crippen molar-refractivity contribution in [2.75, 3.05) is 6.61 Å². The summed E-state index contributed by atoms with van der Waals surface area (Å²) in [6, 6.07) is 0. The second-order valence-corrected chi connectivity index (χ2v) is 3.12. The van der Waals surface area contributed by atoms with Crippen molar-refractivity contribution in [3.05, 3.63) is 11.6 Å². The van der Waals surface area contributed by atoms with Crippen molar-refractivity contribution in [2.45, 2.75) is 32.8 Å². The minimum atomic E-state index is -1.06. The summed E-state index contributed by atoms with van der Waals surface area (Å²) in [6.45, 7) is 3.70. The standard InChI is InChI=1S/C10H16O5/c1-3-15-8(10(13)14)6-7(2)4-5-9(11)12/h6,8H,3-5H2,1-2H3,(H,11,12)(H,13,14). The predicted molar refractivity (Wildman–Crippen MR) is 53.7 cm³/mol. The van der Waals surface area contributed by atoms with Crippen LogP contribution in [0.1, 0.15) is 26.7 Å². The maximum Gasteiger partial charge on any atom is 0.336 e. The van der Waals surface area contributed by atoms with Crippen LogP contribution in [0.2, 0.25) is 0 Å². The Bertz CT molecular complexity index is 257. The predicted octanol–water partition coefficient (Wildman–Crippen LogP) is 1.29. The molecule has 0 saturated carbocycles. The van der Waals surface area contributed by atoms with E-state index in [2.05, 4.69) is 0 Å². The number of hydrogen-bond acceptors (Lipinski definition) is 3. The summed E-state index contributed by atoms with van der Waals surface area (Å²) >= 11 is 0. The van der Waals surface area contributed by atoms with Crippen molar-refractivity contribution in [3.8, 4) is 0 Å². The van der Waals surface area contributed by atoms with Crippen LogP contribution in [-0.4, -0.2) is 34.9 Å². The first kappa shape index (κ1) is 13.6. The zero-order valence-electron chi connectivity index (χ0n) is 8.90. The largest absolute Gasteiger partial charge is 0.481 e. The van der Waals surface area contributed by atoms with E-state index in [4.69, 9.17) is 14.9 Å². The molecule has 5 heteroatoms. The van der Waals surface area contributed by atoms with Crippen molar-refractivity contribution in [1.29, 1.82) is 0 Å². The van der Waals surface area contributed by atoms with Crippen molar-refractivity contribution in [1.82, 2.24) is 0 Å². The van der Waals surface area contributed by atoms with Gasteiger partial charge in [-0.15, -0.1) is 0 Å². The van der Waals surface area contributed by atoms with Gasteiger partial charge in [-0.2, -0.15) is 0 Å². The van der Waals surface area contributed by atoms with Crippen LogP contribution in [0.3, 0.4) is 0 Å². The Morgan fingerprint density at radius 1 is 1.33 bits per heavy atom. The number of carboxylic acids is 2. The van der Waals surface area contributed by atoms with E-state index < -0.39 is 18.0 Å². The van der Waals surface area contributed by atoms with Gasteiger partial charge in [-0.25, -0.2) is 4.79 Å². The smallest absolute Gasteiger partial charge is 0.336 e. The van der Waals surface area contributed by atoms with E-state index in [0.717, 1.165) is 0 Å². The van der Waals surface area contributed by atoms with Gasteiger partial charge in [0.05, 0.1) is 0 Å². The average Bonchev–Trinajstić information content (AvgIpc) is 2.14. The molecule has 0 rings (SSSR count). The Balaban J connectivity index is 4.26. The topological polar surface area (TPSA) is 83.8 Å². The molecule has 0 aliphatic carbocycles. The van der Waals surface area contributed by atoms with Gasteiger partial charge < -0.3 is 14.9 Å². The molecule has 0 radical (unpaired) electrons. The summed E-state index contributed by atoms with van der Waals surface area (Å²) < 4.78 is 4.96. The number of ether oxygens (including phenoxy) is 1. The first-order valence-electron chi connectivity index (χ1n) is 4.70. The highest BCUT2D eigenvalue weighted by molar-refractivity contribution is 5.74. The quantitative estimate of drug-likeness (QED) is 0.626. The third kappa shape index (κ3) is 6.68. The summed E-state index contributed by atoms with van der Waals surface area (Å²) in [5.41, 5.74) is 0.707. The molecule has 15 heavy (non-hydrogen) atoms. The minimum Gasteiger partial charge on any atom is -0.481 e. The molecule has 0 heterocycles. The number of allylic oxidation sites excluding steroid dienone is 1. The van der Waals surface area contributed by atoms with Crippen LogP contribution in [-0.2, 0) is 14.3 Å². The number of carbonyl (C=O) groups is 2. The molecular formula is C10H16O5. The molecular weight excluding hydrogens is 200 g/mol. The molecule has 0 aromatic heterocycles. The molecule has 0 aromatic carbocycles. The Hall–Kier alpha value is -1.36. The minimum absolute atomic E-state index is 0.000791. The van der Waals surface area contributed by atoms with Gasteiger partial charge in [-0.05, 0) is 26.3 Å². The number of carboxylic acid groups (broad SMARTS) is 2. The zero-order chi connectivity index (χ0) is 11.8. The van der Waals surface area contributed by atoms with Crippen molar-refractivity contribution in [3.63, 3.8) is 0 Å². The van der Waals surface area contributed by atoms with Crippen LogP contribution in [0.15, 0.2) is 11.6 Å². The van der Waals surface area contributed by atoms with E-state index in [9.17, 15) is 9.59 Å². The van der Waals surface area contributed by atoms with Gasteiger partial charge in [0.1, 0.15) is 0 Å². The van der Waals surface area contributed by atoms with E-state index >= 15 is 0 Å². The molecule has 0 fully saturated rings. The second-order valence-electron chi connectivity index (χ2n) is 3.12. The summed E-state index contributed by atoms with van der Waals surface area (Å²) in [7, 11) is 0. The van der Waals surface area contributed by atoms with E-state index in [1.165, 1.54) is 6.08 Å². The molecule has 5 nitrogen and oxygen atoms in total. The first-order valence-corrected chi connectivity index (χ1v) is 4.70. The van der Waals surface area contributed by atoms with Gasteiger partial charge in [0, 0.05) is 13.0 Å². The lowest BCUT2D eigenvalue weighted by molar-refractivity contribution is -0.146. The Labute approximate surface area is 88.4 Å². The highest BCUT2D eigenvalue weighted by Gasteiger charge is 2.14. The lowest BCUT2D eigenvalue weighted by atomic mass is 10.1. The van der Waals surface area contributed by atoms with E-state index in [1.54, 1.807) is 13.8 Å². The molecule has 0 aliphatic heterocycles. The Morgan fingerprint density at radius 2 is 1.93 bits per heavy atom. The first-order chi connectivity index (χ1) is 6.97. The number of rotatable bonds is 7. The molecule has 0 amide bonds. The van der Waals surface area contributed by atoms with Crippen LogP contribution in [0.25, 0.3) is 0 Å². The van der Waals surface area contributed by atoms with Gasteiger partial charge in [0.15, 0.2) is 6.10 Å². The van der Waals surface area contributed by atoms with Crippen molar-refractivity contribution < 1.29 is 24.5 Å². The molecule has 1 unspecified atom stereocenters. The summed E-state index contributed by atoms with van der Waals surface area (Å²) in [5, 5.41) is 17.2. The summed E-state index contributed by atoms with van der Waals surface area (Å²) in [5.74, 6) is -1.96. The van der Waals surface area contributed by atoms with E-state index in [0.29, 0.717) is 18.6 Å². The highest BCUT2D eigenvalue weighted by atomic mass is 16.5. The molecule has 0 bridgehead atoms. The molecule has 0 spiro atoms. The monoisotopic (exact) mass is 216 g/mol. The number of aliphatic carboxylic acids is 2. The fourth-order valence-electron chi connectivity index (χ4n) is 1.02. The molecule has 0 aliphatic rings. The van der Waals surface area contributed by atoms with Gasteiger partial charge in [0.25, 0.3) is 0 Å². The number of hydrogen-bond donors (Lipinski definition) is 2. The van der Waals surface area contributed by atoms with Crippen LogP contribution in [0, 0.1) is 0 Å². The van der Waals surface area contributed by atoms with Crippen molar-refractivity contribution in [2.24, 2.45) is 0 Å². The molecule has 86 valence electrons. The molecule has 1 atom stereocenters. The van der Waals surface area contributed by atoms with Crippen molar-refractivity contribution >= 4 is 11.9 Å². The van der Waals surface area contributed by atoms with Gasteiger partial charge in [0.2, 0.25) is 0 Å². The van der Waals surface area contributed by atoms with E-state index in [1.807, 2.05) is 0 Å². The van der Waals surface area contributed by atoms with Crippen LogP contribution >= 0.6 is 0 Å². The SMILES string of the molecule is CCOC(C=C(C)CCC(=O)O)C(=O)O. The molecule has 0 saturated heterocycles. The summed E-state index contributed by atoms with van der Waals surface area (Å²) in [4.78, 5) is 21.0. The molecule has 2 N–H and O–H groups in total. The van der Waals surface area contributed by atoms with Gasteiger partial charge in [-0.1, -0.05) is 5.57 Å². The van der Waals surface area contributed by atoms with Crippen LogP contribution < -0.4 is 0 Å². The maximum atomic E-state index is 10.7. The Kier molecular flexibility index (Phi) is 6.37. The maximum absolute atomic E-state index is 10.7. The lowest BCUT2D eigenvalue weighted by Gasteiger charge is -2.08. The van der Waals surface area contributed by atoms with Gasteiger partial charge >= 0.3 is 11.9 Å². The van der Waals surface area contributed by atoms with Gasteiger partial charge in [-0.3, -0.25) is 4.79 Å². The third-order valence-corrected chi connectivity index (χ3v) is 1.76. The van der Waals surface area contributed by atoms with Crippen LogP contribution in [0.5, 0.6) is 0 Å². The fourth-order valence-corrected chi connectivity index (χ4v) is 1.02. The third-order valence-electron chi connectivity index (χ3n) is 1.76. The second kappa shape index (κ2) is 7.00. The fraction of sp³-hybridized carbons (Fsp3) is 0.600. The summed E-state index contributed by atoms with van der Waals surface area (Å²) in [6.07, 6.45) is 0.797.